The van der Waals surface area contributed by atoms with Gasteiger partial charge in [0.25, 0.3) is 5.91 Å². The number of para-hydroxylation sites is 2. The Balaban J connectivity index is 1.71. The van der Waals surface area contributed by atoms with Crippen LogP contribution < -0.4 is 9.64 Å². The van der Waals surface area contributed by atoms with Crippen molar-refractivity contribution in [1.29, 1.82) is 0 Å². The lowest BCUT2D eigenvalue weighted by Crippen LogP contribution is -2.37. The Kier molecular flexibility index (Phi) is 5.50. The topological polar surface area (TPSA) is 51.7 Å². The molecule has 3 aromatic rings. The van der Waals surface area contributed by atoms with Crippen molar-refractivity contribution in [3.8, 4) is 5.75 Å². The van der Waals surface area contributed by atoms with E-state index in [4.69, 9.17) is 4.74 Å². The van der Waals surface area contributed by atoms with Crippen LogP contribution in [0.25, 0.3) is 10.2 Å². The van der Waals surface area contributed by atoms with Crippen molar-refractivity contribution in [3.63, 3.8) is 0 Å². The average molecular weight is 404 g/mol. The van der Waals surface area contributed by atoms with Crippen LogP contribution >= 0.6 is 11.3 Å². The number of nitrogens with zero attached hydrogens (tertiary/aromatic N) is 2. The number of benzene rings is 2. The molecule has 0 bridgehead atoms. The predicted octanol–water partition coefficient (Wildman–Crippen LogP) is 4.72. The fraction of sp³-hybridized carbons (Fsp3) is 0.300. The summed E-state index contributed by atoms with van der Waals surface area (Å²) in [5, 5.41) is 0.508. The molecule has 28 heavy (non-hydrogen) atoms. The second-order valence-corrected chi connectivity index (χ2v) is 7.40. The van der Waals surface area contributed by atoms with Gasteiger partial charge in [0, 0.05) is 6.61 Å². The van der Waals surface area contributed by atoms with Gasteiger partial charge in [-0.3, -0.25) is 9.69 Å². The number of thiazole rings is 1. The summed E-state index contributed by atoms with van der Waals surface area (Å²) >= 11 is 1.38. The van der Waals surface area contributed by atoms with Crippen LogP contribution in [-0.2, 0) is 4.74 Å². The second kappa shape index (κ2) is 8.20. The zero-order chi connectivity index (χ0) is 19.5. The number of aromatic nitrogens is 1. The highest BCUT2D eigenvalue weighted by Crippen LogP contribution is 2.32. The summed E-state index contributed by atoms with van der Waals surface area (Å²) in [4.78, 5) is 19.4. The number of fused-ring (bicyclic) bond motifs is 1. The molecule has 1 amide bonds. The van der Waals surface area contributed by atoms with Crippen LogP contribution in [0.3, 0.4) is 0 Å². The fourth-order valence-electron chi connectivity index (χ4n) is 3.20. The molecule has 2 heterocycles. The SMILES string of the molecule is O=C(c1ccccc1OC(F)F)N(CC1CCCO1)c1nc2ccccc2s1. The fourth-order valence-corrected chi connectivity index (χ4v) is 4.18. The van der Waals surface area contributed by atoms with Gasteiger partial charge in [0.2, 0.25) is 0 Å². The van der Waals surface area contributed by atoms with Gasteiger partial charge in [-0.15, -0.1) is 0 Å². The molecule has 1 atom stereocenters. The lowest BCUT2D eigenvalue weighted by atomic mass is 10.1. The van der Waals surface area contributed by atoms with E-state index in [-0.39, 0.29) is 17.4 Å². The molecule has 1 aromatic heterocycles. The molecule has 2 aromatic carbocycles. The third-order valence-electron chi connectivity index (χ3n) is 4.50. The maximum absolute atomic E-state index is 13.3. The first-order valence-corrected chi connectivity index (χ1v) is 9.76. The van der Waals surface area contributed by atoms with Crippen LogP contribution in [0.4, 0.5) is 13.9 Å². The van der Waals surface area contributed by atoms with Crippen molar-refractivity contribution in [3.05, 3.63) is 54.1 Å². The quantitative estimate of drug-likeness (QED) is 0.596. The number of rotatable bonds is 6. The van der Waals surface area contributed by atoms with Gasteiger partial charge < -0.3 is 9.47 Å². The largest absolute Gasteiger partial charge is 0.434 e. The molecule has 0 saturated carbocycles. The minimum Gasteiger partial charge on any atom is -0.434 e. The number of hydrogen-bond donors (Lipinski definition) is 0. The van der Waals surface area contributed by atoms with Crippen LogP contribution in [0.5, 0.6) is 5.75 Å². The first-order valence-electron chi connectivity index (χ1n) is 8.94. The maximum Gasteiger partial charge on any atom is 0.387 e. The Morgan fingerprint density at radius 1 is 1.25 bits per heavy atom. The minimum atomic E-state index is -3.01. The summed E-state index contributed by atoms with van der Waals surface area (Å²) in [5.41, 5.74) is 0.852. The van der Waals surface area contributed by atoms with Crippen LogP contribution in [0.15, 0.2) is 48.5 Å². The summed E-state index contributed by atoms with van der Waals surface area (Å²) in [6, 6.07) is 13.6. The molecule has 0 radical (unpaired) electrons. The zero-order valence-electron chi connectivity index (χ0n) is 14.9. The standard InChI is InChI=1S/C20H18F2N2O3S/c21-19(22)27-16-9-3-1-7-14(16)18(25)24(12-13-6-5-11-26-13)20-23-15-8-2-4-10-17(15)28-20/h1-4,7-10,13,19H,5-6,11-12H2. The van der Waals surface area contributed by atoms with E-state index in [1.807, 2.05) is 24.3 Å². The van der Waals surface area contributed by atoms with Crippen molar-refractivity contribution >= 4 is 32.6 Å². The van der Waals surface area contributed by atoms with Crippen molar-refractivity contribution in [2.24, 2.45) is 0 Å². The lowest BCUT2D eigenvalue weighted by molar-refractivity contribution is -0.0501. The molecule has 0 spiro atoms. The van der Waals surface area contributed by atoms with E-state index in [1.54, 1.807) is 12.1 Å². The predicted molar refractivity (Wildman–Crippen MR) is 103 cm³/mol. The van der Waals surface area contributed by atoms with E-state index in [0.717, 1.165) is 23.1 Å². The van der Waals surface area contributed by atoms with E-state index >= 15 is 0 Å². The van der Waals surface area contributed by atoms with Crippen LogP contribution in [0.2, 0.25) is 0 Å². The monoisotopic (exact) mass is 404 g/mol. The molecule has 1 aliphatic heterocycles. The van der Waals surface area contributed by atoms with E-state index in [1.165, 1.54) is 28.4 Å². The van der Waals surface area contributed by atoms with Gasteiger partial charge in [-0.05, 0) is 37.1 Å². The summed E-state index contributed by atoms with van der Waals surface area (Å²) in [6.45, 7) is -2.05. The third-order valence-corrected chi connectivity index (χ3v) is 5.56. The molecule has 1 unspecified atom stereocenters. The van der Waals surface area contributed by atoms with Crippen LogP contribution in [0.1, 0.15) is 23.2 Å². The van der Waals surface area contributed by atoms with Crippen molar-refractivity contribution in [2.45, 2.75) is 25.6 Å². The molecule has 8 heteroatoms. The van der Waals surface area contributed by atoms with Gasteiger partial charge in [-0.1, -0.05) is 35.6 Å². The van der Waals surface area contributed by atoms with Crippen LogP contribution in [-0.4, -0.2) is 36.8 Å². The number of carbonyl (C=O) groups is 1. The normalized spacial score (nSPS) is 16.6. The van der Waals surface area contributed by atoms with Gasteiger partial charge in [0.1, 0.15) is 5.75 Å². The summed E-state index contributed by atoms with van der Waals surface area (Å²) in [7, 11) is 0. The zero-order valence-corrected chi connectivity index (χ0v) is 15.7. The molecular formula is C20H18F2N2O3S. The number of anilines is 1. The summed E-state index contributed by atoms with van der Waals surface area (Å²) in [5.74, 6) is -0.591. The molecule has 1 aliphatic rings. The first kappa shape index (κ1) is 18.8. The highest BCUT2D eigenvalue weighted by Gasteiger charge is 2.29. The molecule has 1 fully saturated rings. The van der Waals surface area contributed by atoms with Gasteiger partial charge in [0.05, 0.1) is 28.4 Å². The van der Waals surface area contributed by atoms with Crippen molar-refractivity contribution in [2.75, 3.05) is 18.1 Å². The minimum absolute atomic E-state index is 0.0695. The Morgan fingerprint density at radius 3 is 2.79 bits per heavy atom. The Morgan fingerprint density at radius 2 is 2.04 bits per heavy atom. The molecule has 4 rings (SSSR count). The number of halogens is 2. The molecule has 1 saturated heterocycles. The molecule has 0 aliphatic carbocycles. The van der Waals surface area contributed by atoms with Gasteiger partial charge in [-0.2, -0.15) is 8.78 Å². The smallest absolute Gasteiger partial charge is 0.387 e. The molecule has 0 N–H and O–H groups in total. The summed E-state index contributed by atoms with van der Waals surface area (Å²) in [6.07, 6.45) is 1.65. The van der Waals surface area contributed by atoms with Crippen molar-refractivity contribution in [1.82, 2.24) is 4.98 Å². The molecule has 146 valence electrons. The van der Waals surface area contributed by atoms with E-state index in [2.05, 4.69) is 9.72 Å². The van der Waals surface area contributed by atoms with Crippen LogP contribution in [0, 0.1) is 0 Å². The summed E-state index contributed by atoms with van der Waals surface area (Å²) < 4.78 is 36.7. The second-order valence-electron chi connectivity index (χ2n) is 6.39. The Labute approximate surface area is 164 Å². The molecule has 5 nitrogen and oxygen atoms in total. The van der Waals surface area contributed by atoms with Gasteiger partial charge in [0.15, 0.2) is 5.13 Å². The average Bonchev–Trinajstić information content (AvgIpc) is 3.35. The van der Waals surface area contributed by atoms with E-state index in [9.17, 15) is 13.6 Å². The van der Waals surface area contributed by atoms with Crippen molar-refractivity contribution < 1.29 is 23.0 Å². The van der Waals surface area contributed by atoms with Gasteiger partial charge >= 0.3 is 6.61 Å². The third kappa shape index (κ3) is 3.98. The number of amides is 1. The number of hydrogen-bond acceptors (Lipinski definition) is 5. The van der Waals surface area contributed by atoms with E-state index < -0.39 is 12.5 Å². The first-order chi connectivity index (χ1) is 13.6. The lowest BCUT2D eigenvalue weighted by Gasteiger charge is -2.24. The number of carbonyl (C=O) groups excluding carboxylic acids is 1. The Hall–Kier alpha value is -2.58. The number of alkyl halides is 2. The highest BCUT2D eigenvalue weighted by molar-refractivity contribution is 7.22. The number of ether oxygens (including phenoxy) is 2. The van der Waals surface area contributed by atoms with E-state index in [0.29, 0.717) is 18.3 Å². The Bertz CT molecular complexity index is 940. The maximum atomic E-state index is 13.3. The van der Waals surface area contributed by atoms with Gasteiger partial charge in [-0.25, -0.2) is 4.98 Å². The molecular weight excluding hydrogens is 386 g/mol. The highest BCUT2D eigenvalue weighted by atomic mass is 32.1.